The molecule has 0 saturated heterocycles. The average Bonchev–Trinajstić information content (AvgIpc) is 3.60. The van der Waals surface area contributed by atoms with Crippen molar-refractivity contribution in [2.75, 3.05) is 0 Å². The minimum atomic E-state index is -0.993. The Hall–Kier alpha value is -4.22. The maximum atomic E-state index is 13.4. The minimum absolute atomic E-state index is 0.162. The zero-order valence-corrected chi connectivity index (χ0v) is 20.9. The number of azo groups is 1. The van der Waals surface area contributed by atoms with Crippen LogP contribution in [0.5, 0.6) is 0 Å². The first kappa shape index (κ1) is 23.5. The molecule has 9 nitrogen and oxygen atoms in total. The third-order valence-electron chi connectivity index (χ3n) is 5.49. The monoisotopic (exact) mass is 516 g/mol. The van der Waals surface area contributed by atoms with Crippen LogP contribution in [-0.4, -0.2) is 30.8 Å². The minimum Gasteiger partial charge on any atom is -0.478 e. The number of nitrogens with zero attached hydrogens (tertiary/aromatic N) is 5. The van der Waals surface area contributed by atoms with Crippen molar-refractivity contribution >= 4 is 39.5 Å². The summed E-state index contributed by atoms with van der Waals surface area (Å²) in [6, 6.07) is 15.8. The number of carbonyl (C=O) groups is 1. The molecule has 3 heterocycles. The zero-order valence-electron chi connectivity index (χ0n) is 19.3. The zero-order chi connectivity index (χ0) is 25.2. The maximum absolute atomic E-state index is 13.4. The van der Waals surface area contributed by atoms with Gasteiger partial charge in [-0.05, 0) is 25.5 Å². The van der Waals surface area contributed by atoms with E-state index in [-0.39, 0.29) is 16.8 Å². The van der Waals surface area contributed by atoms with E-state index >= 15 is 0 Å². The Bertz CT molecular complexity index is 1630. The quantitative estimate of drug-likeness (QED) is 0.242. The van der Waals surface area contributed by atoms with Crippen LogP contribution in [0, 0.1) is 6.92 Å². The molecule has 0 atom stereocenters. The van der Waals surface area contributed by atoms with Crippen LogP contribution in [0.1, 0.15) is 27.9 Å². The lowest BCUT2D eigenvalue weighted by atomic mass is 10.1. The molecule has 180 valence electrons. The molecule has 0 saturated carbocycles. The summed E-state index contributed by atoms with van der Waals surface area (Å²) < 4.78 is 1.35. The molecule has 36 heavy (non-hydrogen) atoms. The lowest BCUT2D eigenvalue weighted by Crippen LogP contribution is -2.13. The fraction of sp³-hybridized carbons (Fsp3) is 0.120. The molecular formula is C25H20N6O3S2. The van der Waals surface area contributed by atoms with Gasteiger partial charge < -0.3 is 5.11 Å². The Morgan fingerprint density at radius 2 is 1.81 bits per heavy atom. The standard InChI is InChI=1S/C25H20N6O3S2/c1-3-18-14(2)36-24(26-18)29-28-21-20(16-7-5-4-6-8-16)30-31(22(21)32)25-27-19(13-35-25)15-9-11-17(12-10-15)23(33)34/h4-13,30H,3H2,1-2H3,(H,33,34). The van der Waals surface area contributed by atoms with Crippen LogP contribution >= 0.6 is 22.7 Å². The molecule has 0 radical (unpaired) electrons. The van der Waals surface area contributed by atoms with E-state index < -0.39 is 5.97 Å². The van der Waals surface area contributed by atoms with Gasteiger partial charge in [-0.1, -0.05) is 60.7 Å². The van der Waals surface area contributed by atoms with Gasteiger partial charge in [-0.15, -0.1) is 21.6 Å². The van der Waals surface area contributed by atoms with Crippen LogP contribution in [0.15, 0.2) is 75.0 Å². The lowest BCUT2D eigenvalue weighted by Gasteiger charge is -1.99. The Labute approximate surface area is 213 Å². The fourth-order valence-electron chi connectivity index (χ4n) is 3.62. The van der Waals surface area contributed by atoms with Gasteiger partial charge in [-0.25, -0.2) is 14.8 Å². The summed E-state index contributed by atoms with van der Waals surface area (Å²) in [4.78, 5) is 34.7. The number of aromatic nitrogens is 4. The Balaban J connectivity index is 1.55. The van der Waals surface area contributed by atoms with Gasteiger partial charge in [0.25, 0.3) is 0 Å². The normalized spacial score (nSPS) is 11.4. The van der Waals surface area contributed by atoms with Crippen molar-refractivity contribution in [2.24, 2.45) is 10.2 Å². The predicted molar refractivity (Wildman–Crippen MR) is 140 cm³/mol. The second-order valence-electron chi connectivity index (χ2n) is 7.79. The molecule has 2 N–H and O–H groups in total. The first-order valence-corrected chi connectivity index (χ1v) is 12.7. The molecule has 0 spiro atoms. The van der Waals surface area contributed by atoms with Gasteiger partial charge in [0.05, 0.1) is 22.6 Å². The summed E-state index contributed by atoms with van der Waals surface area (Å²) in [7, 11) is 0. The molecule has 0 amide bonds. The number of benzene rings is 2. The number of hydrogen-bond acceptors (Lipinski definition) is 8. The van der Waals surface area contributed by atoms with Crippen molar-refractivity contribution < 1.29 is 9.90 Å². The van der Waals surface area contributed by atoms with Crippen molar-refractivity contribution in [1.82, 2.24) is 19.7 Å². The molecule has 0 aliphatic rings. The molecule has 5 aromatic rings. The number of rotatable bonds is 7. The van der Waals surface area contributed by atoms with Crippen molar-refractivity contribution in [3.05, 3.63) is 86.5 Å². The van der Waals surface area contributed by atoms with Crippen LogP contribution in [0.25, 0.3) is 27.6 Å². The van der Waals surface area contributed by atoms with E-state index in [1.54, 1.807) is 12.1 Å². The molecule has 0 fully saturated rings. The number of carboxylic acid groups (broad SMARTS) is 1. The largest absolute Gasteiger partial charge is 0.478 e. The van der Waals surface area contributed by atoms with Crippen molar-refractivity contribution in [2.45, 2.75) is 20.3 Å². The first-order chi connectivity index (χ1) is 17.4. The highest BCUT2D eigenvalue weighted by atomic mass is 32.1. The van der Waals surface area contributed by atoms with E-state index in [0.717, 1.165) is 28.1 Å². The summed E-state index contributed by atoms with van der Waals surface area (Å²) in [5.74, 6) is -0.993. The van der Waals surface area contributed by atoms with Gasteiger partial charge >= 0.3 is 11.5 Å². The van der Waals surface area contributed by atoms with E-state index in [4.69, 9.17) is 5.11 Å². The highest BCUT2D eigenvalue weighted by molar-refractivity contribution is 7.15. The van der Waals surface area contributed by atoms with Crippen LogP contribution in [-0.2, 0) is 6.42 Å². The molecular weight excluding hydrogens is 496 g/mol. The SMILES string of the molecule is CCc1nc(N=Nc2c(-c3ccccc3)[nH]n(-c3nc(-c4ccc(C(=O)O)cc4)cs3)c2=O)sc1C. The van der Waals surface area contributed by atoms with E-state index in [1.807, 2.05) is 49.6 Å². The Morgan fingerprint density at radius 3 is 2.47 bits per heavy atom. The van der Waals surface area contributed by atoms with Crippen molar-refractivity contribution in [3.8, 4) is 27.6 Å². The van der Waals surface area contributed by atoms with E-state index in [2.05, 4.69) is 25.3 Å². The van der Waals surface area contributed by atoms with Gasteiger partial charge in [0, 0.05) is 21.4 Å². The summed E-state index contributed by atoms with van der Waals surface area (Å²) in [6.45, 7) is 4.02. The molecule has 2 aromatic carbocycles. The molecule has 5 rings (SSSR count). The van der Waals surface area contributed by atoms with E-state index in [9.17, 15) is 9.59 Å². The Morgan fingerprint density at radius 1 is 1.06 bits per heavy atom. The number of hydrogen-bond donors (Lipinski definition) is 2. The molecule has 0 aliphatic carbocycles. The molecule has 11 heteroatoms. The highest BCUT2D eigenvalue weighted by Gasteiger charge is 2.19. The predicted octanol–water partition coefficient (Wildman–Crippen LogP) is 6.40. The summed E-state index contributed by atoms with van der Waals surface area (Å²) >= 11 is 2.72. The summed E-state index contributed by atoms with van der Waals surface area (Å²) in [6.07, 6.45) is 0.801. The van der Waals surface area contributed by atoms with E-state index in [0.29, 0.717) is 21.7 Å². The summed E-state index contributed by atoms with van der Waals surface area (Å²) in [5.41, 5.74) is 3.62. The van der Waals surface area contributed by atoms with Crippen LogP contribution < -0.4 is 5.56 Å². The number of thiazole rings is 2. The van der Waals surface area contributed by atoms with Crippen LogP contribution in [0.4, 0.5) is 10.8 Å². The number of aryl methyl sites for hydroxylation is 2. The van der Waals surface area contributed by atoms with Crippen LogP contribution in [0.3, 0.4) is 0 Å². The topological polar surface area (TPSA) is 126 Å². The average molecular weight is 517 g/mol. The van der Waals surface area contributed by atoms with Crippen LogP contribution in [0.2, 0.25) is 0 Å². The molecule has 0 unspecified atom stereocenters. The van der Waals surface area contributed by atoms with Crippen molar-refractivity contribution in [1.29, 1.82) is 0 Å². The lowest BCUT2D eigenvalue weighted by molar-refractivity contribution is 0.0697. The number of carboxylic acids is 1. The molecule has 0 bridgehead atoms. The molecule has 3 aromatic heterocycles. The van der Waals surface area contributed by atoms with Gasteiger partial charge in [0.15, 0.2) is 5.69 Å². The third-order valence-corrected chi connectivity index (χ3v) is 7.21. The molecule has 0 aliphatic heterocycles. The van der Waals surface area contributed by atoms with Gasteiger partial charge in [0.1, 0.15) is 0 Å². The second-order valence-corrected chi connectivity index (χ2v) is 9.81. The number of aromatic amines is 1. The third kappa shape index (κ3) is 4.53. The Kier molecular flexibility index (Phi) is 6.40. The van der Waals surface area contributed by atoms with Gasteiger partial charge in [-0.3, -0.25) is 9.89 Å². The maximum Gasteiger partial charge on any atom is 0.335 e. The first-order valence-electron chi connectivity index (χ1n) is 11.0. The highest BCUT2D eigenvalue weighted by Crippen LogP contribution is 2.31. The fourth-order valence-corrected chi connectivity index (χ4v) is 5.23. The van der Waals surface area contributed by atoms with Crippen molar-refractivity contribution in [3.63, 3.8) is 0 Å². The number of H-pyrrole nitrogens is 1. The van der Waals surface area contributed by atoms with Gasteiger partial charge in [-0.2, -0.15) is 4.68 Å². The smallest absolute Gasteiger partial charge is 0.335 e. The summed E-state index contributed by atoms with van der Waals surface area (Å²) in [5, 5.41) is 23.6. The number of nitrogens with one attached hydrogen (secondary N) is 1. The van der Waals surface area contributed by atoms with Gasteiger partial charge in [0.2, 0.25) is 10.3 Å². The van der Waals surface area contributed by atoms with E-state index in [1.165, 1.54) is 39.5 Å². The second kappa shape index (κ2) is 9.80. The number of aromatic carboxylic acids is 1.